The number of phenols is 4. The molecule has 4 rings (SSSR count). The van der Waals surface area contributed by atoms with Gasteiger partial charge in [0.1, 0.15) is 23.4 Å². The Balaban J connectivity index is 1.72. The van der Waals surface area contributed by atoms with Gasteiger partial charge in [-0.15, -0.1) is 0 Å². The number of rotatable bonds is 25. The normalized spacial score (nSPS) is 14.2. The van der Waals surface area contributed by atoms with Crippen LogP contribution in [0.2, 0.25) is 0 Å². The highest BCUT2D eigenvalue weighted by molar-refractivity contribution is 5.92. The first-order valence-electron chi connectivity index (χ1n) is 22.2. The second-order valence-electron chi connectivity index (χ2n) is 15.8. The second-order valence-corrected chi connectivity index (χ2v) is 15.8. The van der Waals surface area contributed by atoms with E-state index in [1.54, 1.807) is 0 Å². The molecular weight excluding hydrogens is 817 g/mol. The van der Waals surface area contributed by atoms with Crippen molar-refractivity contribution in [1.29, 1.82) is 0 Å². The first kappa shape index (κ1) is 49.7. The Morgan fingerprint density at radius 1 is 0.571 bits per heavy atom. The summed E-state index contributed by atoms with van der Waals surface area (Å²) in [6.45, 7) is 7.30. The molecule has 2 atom stereocenters. The molecule has 0 aliphatic carbocycles. The van der Waals surface area contributed by atoms with Gasteiger partial charge in [-0.1, -0.05) is 97.8 Å². The molecule has 0 spiro atoms. The lowest BCUT2D eigenvalue weighted by Gasteiger charge is -2.34. The Morgan fingerprint density at radius 2 is 1.00 bits per heavy atom. The molecule has 0 aromatic heterocycles. The van der Waals surface area contributed by atoms with Crippen molar-refractivity contribution in [2.75, 3.05) is 0 Å². The number of hydrogen-bond acceptors (Lipinski definition) is 15. The molecule has 3 aromatic carbocycles. The summed E-state index contributed by atoms with van der Waals surface area (Å²) in [5.74, 6) is -7.55. The number of carbonyl (C=O) groups is 5. The van der Waals surface area contributed by atoms with Crippen LogP contribution in [0.15, 0.2) is 36.4 Å². The third-order valence-electron chi connectivity index (χ3n) is 10.5. The van der Waals surface area contributed by atoms with E-state index in [1.165, 1.54) is 18.2 Å². The molecule has 1 aliphatic rings. The van der Waals surface area contributed by atoms with Crippen molar-refractivity contribution < 1.29 is 72.8 Å². The smallest absolute Gasteiger partial charge is 0.338 e. The number of aromatic hydroxyl groups is 4. The maximum atomic E-state index is 14.1. The number of ether oxygens (including phenoxy) is 6. The lowest BCUT2D eigenvalue weighted by Crippen LogP contribution is -2.35. The molecule has 1 heterocycles. The molecule has 0 radical (unpaired) electrons. The van der Waals surface area contributed by atoms with Gasteiger partial charge in [-0.25, -0.2) is 4.79 Å². The van der Waals surface area contributed by atoms with E-state index in [1.807, 2.05) is 0 Å². The minimum absolute atomic E-state index is 0.0137. The standard InChI is InChI=1S/C48H62O15/c1-5-8-11-14-17-20-42(52)59-38-23-31(24-39(46(38)56)60-43(53)21-18-15-12-9-6-2)47-41(29-34-35(51)27-33(50)28-36(34)62-47)63-48(57)32-25-37(58-30(4)49)45(55)40(26-32)61-44(54)22-19-16-13-10-7-3/h23-28,41,47,50-51,55-56H,5-22,29H2,1-4H3. The predicted molar refractivity (Wildman–Crippen MR) is 231 cm³/mol. The van der Waals surface area contributed by atoms with Gasteiger partial charge in [0.25, 0.3) is 0 Å². The van der Waals surface area contributed by atoms with Gasteiger partial charge < -0.3 is 48.8 Å². The van der Waals surface area contributed by atoms with E-state index in [4.69, 9.17) is 28.4 Å². The summed E-state index contributed by atoms with van der Waals surface area (Å²) in [7, 11) is 0. The first-order chi connectivity index (χ1) is 30.2. The molecule has 2 unspecified atom stereocenters. The van der Waals surface area contributed by atoms with Crippen LogP contribution in [0.25, 0.3) is 0 Å². The number of hydrogen-bond donors (Lipinski definition) is 4. The first-order valence-corrected chi connectivity index (χ1v) is 22.2. The summed E-state index contributed by atoms with van der Waals surface area (Å²) in [5.41, 5.74) is -0.0394. The molecule has 15 nitrogen and oxygen atoms in total. The zero-order chi connectivity index (χ0) is 45.9. The topological polar surface area (TPSA) is 222 Å². The number of phenolic OH excluding ortho intramolecular Hbond substituents is 4. The van der Waals surface area contributed by atoms with Gasteiger partial charge in [0.2, 0.25) is 11.5 Å². The van der Waals surface area contributed by atoms with Crippen molar-refractivity contribution in [2.45, 2.75) is 162 Å². The fraction of sp³-hybridized carbons (Fsp3) is 0.521. The molecule has 3 aromatic rings. The average molecular weight is 879 g/mol. The molecule has 1 aliphatic heterocycles. The molecule has 15 heteroatoms. The monoisotopic (exact) mass is 878 g/mol. The number of carbonyl (C=O) groups excluding carboxylic acids is 5. The molecule has 0 bridgehead atoms. The molecule has 0 fully saturated rings. The molecule has 63 heavy (non-hydrogen) atoms. The molecular formula is C48H62O15. The largest absolute Gasteiger partial charge is 0.508 e. The maximum absolute atomic E-state index is 14.1. The van der Waals surface area contributed by atoms with E-state index >= 15 is 0 Å². The number of benzene rings is 3. The third kappa shape index (κ3) is 15.4. The number of esters is 5. The van der Waals surface area contributed by atoms with Gasteiger partial charge in [-0.05, 0) is 43.5 Å². The Morgan fingerprint density at radius 3 is 1.44 bits per heavy atom. The summed E-state index contributed by atoms with van der Waals surface area (Å²) < 4.78 is 34.1. The van der Waals surface area contributed by atoms with Gasteiger partial charge in [-0.2, -0.15) is 0 Å². The minimum atomic E-state index is -1.32. The van der Waals surface area contributed by atoms with Crippen LogP contribution in [-0.2, 0) is 30.3 Å². The molecule has 0 saturated carbocycles. The molecule has 0 saturated heterocycles. The summed E-state index contributed by atoms with van der Waals surface area (Å²) in [4.78, 5) is 65.0. The van der Waals surface area contributed by atoms with Crippen LogP contribution >= 0.6 is 0 Å². The fourth-order valence-corrected chi connectivity index (χ4v) is 7.11. The highest BCUT2D eigenvalue weighted by Gasteiger charge is 2.38. The molecule has 4 N–H and O–H groups in total. The maximum Gasteiger partial charge on any atom is 0.338 e. The molecule has 0 amide bonds. The number of unbranched alkanes of at least 4 members (excludes halogenated alkanes) is 12. The van der Waals surface area contributed by atoms with Crippen LogP contribution < -0.4 is 23.7 Å². The van der Waals surface area contributed by atoms with E-state index < -0.39 is 65.1 Å². The van der Waals surface area contributed by atoms with Crippen LogP contribution in [0, 0.1) is 0 Å². The van der Waals surface area contributed by atoms with Crippen molar-refractivity contribution in [1.82, 2.24) is 0 Å². The van der Waals surface area contributed by atoms with Gasteiger partial charge in [-0.3, -0.25) is 19.2 Å². The van der Waals surface area contributed by atoms with Gasteiger partial charge in [0.15, 0.2) is 29.1 Å². The van der Waals surface area contributed by atoms with Crippen molar-refractivity contribution in [3.63, 3.8) is 0 Å². The van der Waals surface area contributed by atoms with E-state index in [9.17, 15) is 44.4 Å². The van der Waals surface area contributed by atoms with Crippen molar-refractivity contribution in [3.05, 3.63) is 53.1 Å². The second kappa shape index (κ2) is 25.2. The molecule has 344 valence electrons. The highest BCUT2D eigenvalue weighted by Crippen LogP contribution is 2.47. The minimum Gasteiger partial charge on any atom is -0.508 e. The van der Waals surface area contributed by atoms with E-state index in [2.05, 4.69) is 20.8 Å². The van der Waals surface area contributed by atoms with Gasteiger partial charge >= 0.3 is 29.8 Å². The van der Waals surface area contributed by atoms with Gasteiger partial charge in [0, 0.05) is 55.9 Å². The predicted octanol–water partition coefficient (Wildman–Crippen LogP) is 10.1. The average Bonchev–Trinajstić information content (AvgIpc) is 3.23. The Labute approximate surface area is 368 Å². The van der Waals surface area contributed by atoms with E-state index in [-0.39, 0.29) is 71.1 Å². The Kier molecular flexibility index (Phi) is 19.9. The van der Waals surface area contributed by atoms with Crippen LogP contribution in [0.1, 0.15) is 171 Å². The van der Waals surface area contributed by atoms with Crippen LogP contribution in [0.4, 0.5) is 0 Å². The van der Waals surface area contributed by atoms with Crippen LogP contribution in [-0.4, -0.2) is 56.4 Å². The lowest BCUT2D eigenvalue weighted by molar-refractivity contribution is -0.135. The van der Waals surface area contributed by atoms with E-state index in [0.717, 1.165) is 102 Å². The summed E-state index contributed by atoms with van der Waals surface area (Å²) in [5, 5.41) is 43.4. The number of fused-ring (bicyclic) bond motifs is 1. The summed E-state index contributed by atoms with van der Waals surface area (Å²) in [6, 6.07) is 6.98. The van der Waals surface area contributed by atoms with Crippen LogP contribution in [0.5, 0.6) is 51.7 Å². The van der Waals surface area contributed by atoms with Crippen LogP contribution in [0.3, 0.4) is 0 Å². The highest BCUT2D eigenvalue weighted by atomic mass is 16.6. The third-order valence-corrected chi connectivity index (χ3v) is 10.5. The van der Waals surface area contributed by atoms with Crippen molar-refractivity contribution in [2.24, 2.45) is 0 Å². The Bertz CT molecular complexity index is 1990. The lowest BCUT2D eigenvalue weighted by atomic mass is 9.93. The SMILES string of the molecule is CCCCCCCC(=O)Oc1cc(C(=O)OC2Cc3c(O)cc(O)cc3OC2c2cc(OC(=O)CCCCCCC)c(O)c(OC(=O)CCCCCCC)c2)cc(OC(C)=O)c1O. The fourth-order valence-electron chi connectivity index (χ4n) is 7.11. The van der Waals surface area contributed by atoms with Crippen molar-refractivity contribution >= 4 is 29.8 Å². The van der Waals surface area contributed by atoms with Crippen molar-refractivity contribution in [3.8, 4) is 51.7 Å². The summed E-state index contributed by atoms with van der Waals surface area (Å²) >= 11 is 0. The Hall–Kier alpha value is -5.99. The summed E-state index contributed by atoms with van der Waals surface area (Å²) in [6.07, 6.45) is 10.2. The van der Waals surface area contributed by atoms with E-state index in [0.29, 0.717) is 19.3 Å². The quantitative estimate of drug-likeness (QED) is 0.0353. The zero-order valence-corrected chi connectivity index (χ0v) is 36.8. The van der Waals surface area contributed by atoms with Gasteiger partial charge in [0.05, 0.1) is 5.56 Å². The zero-order valence-electron chi connectivity index (χ0n) is 36.8.